The molecule has 3 heteroatoms. The molecule has 0 fully saturated rings. The largest absolute Gasteiger partial charge is 0.437 e. The Morgan fingerprint density at radius 1 is 0.838 bits per heavy atom. The molecule has 0 amide bonds. The van der Waals surface area contributed by atoms with Crippen LogP contribution in [0.5, 0.6) is 0 Å². The van der Waals surface area contributed by atoms with Crippen LogP contribution in [-0.4, -0.2) is 4.98 Å². The van der Waals surface area contributed by atoms with Gasteiger partial charge in [-0.1, -0.05) is 70.2 Å². The zero-order chi connectivity index (χ0) is 25.7. The monoisotopic (exact) mass is 485 g/mol. The lowest BCUT2D eigenvalue weighted by atomic mass is 9.62. The molecule has 0 bridgehead atoms. The topological polar surface area (TPSA) is 29.9 Å². The number of furan rings is 1. The zero-order valence-electron chi connectivity index (χ0n) is 22.6. The smallest absolute Gasteiger partial charge is 0.227 e. The molecule has 0 atom stereocenters. The van der Waals surface area contributed by atoms with E-state index >= 15 is 0 Å². The van der Waals surface area contributed by atoms with Crippen LogP contribution in [0.15, 0.2) is 71.4 Å². The SMILES string of the molecule is Cc1ccc2c(oc3ncc4ccccc4c32)c1-c1cc2c3c(ccc2c[n+]1C)C(C)(C)CCC3(C)C. The second kappa shape index (κ2) is 7.41. The van der Waals surface area contributed by atoms with Gasteiger partial charge in [-0.15, -0.1) is 0 Å². The van der Waals surface area contributed by atoms with E-state index in [1.54, 1.807) is 0 Å². The molecule has 0 N–H and O–H groups in total. The van der Waals surface area contributed by atoms with Gasteiger partial charge in [0.1, 0.15) is 7.05 Å². The van der Waals surface area contributed by atoms with Crippen molar-refractivity contribution in [1.82, 2.24) is 4.98 Å². The van der Waals surface area contributed by atoms with E-state index in [1.165, 1.54) is 51.4 Å². The van der Waals surface area contributed by atoms with Crippen molar-refractivity contribution in [3.63, 3.8) is 0 Å². The van der Waals surface area contributed by atoms with Crippen molar-refractivity contribution in [3.8, 4) is 11.3 Å². The molecule has 0 radical (unpaired) electrons. The molecule has 0 spiro atoms. The van der Waals surface area contributed by atoms with Gasteiger partial charge in [-0.25, -0.2) is 9.55 Å². The number of aryl methyl sites for hydroxylation is 2. The maximum atomic E-state index is 6.56. The Bertz CT molecular complexity index is 1910. The number of aromatic nitrogens is 2. The maximum absolute atomic E-state index is 6.56. The molecule has 3 heterocycles. The third kappa shape index (κ3) is 3.13. The van der Waals surface area contributed by atoms with Gasteiger partial charge in [0.05, 0.1) is 10.9 Å². The van der Waals surface area contributed by atoms with Crippen molar-refractivity contribution in [2.45, 2.75) is 58.3 Å². The van der Waals surface area contributed by atoms with Gasteiger partial charge in [-0.2, -0.15) is 0 Å². The molecule has 0 saturated carbocycles. The Morgan fingerprint density at radius 2 is 1.62 bits per heavy atom. The quantitative estimate of drug-likeness (QED) is 0.219. The predicted molar refractivity (Wildman–Crippen MR) is 153 cm³/mol. The molecule has 3 aromatic heterocycles. The fraction of sp³-hybridized carbons (Fsp3) is 0.294. The average Bonchev–Trinajstić information content (AvgIpc) is 3.25. The summed E-state index contributed by atoms with van der Waals surface area (Å²) < 4.78 is 8.82. The highest BCUT2D eigenvalue weighted by atomic mass is 16.3. The van der Waals surface area contributed by atoms with Crippen molar-refractivity contribution in [3.05, 3.63) is 83.7 Å². The molecule has 6 aromatic rings. The minimum absolute atomic E-state index is 0.130. The minimum Gasteiger partial charge on any atom is -0.437 e. The fourth-order valence-electron chi connectivity index (χ4n) is 6.73. The van der Waals surface area contributed by atoms with Crippen LogP contribution in [0, 0.1) is 6.92 Å². The highest BCUT2D eigenvalue weighted by molar-refractivity contribution is 6.19. The lowest BCUT2D eigenvalue weighted by molar-refractivity contribution is -0.659. The van der Waals surface area contributed by atoms with Crippen molar-refractivity contribution in [2.75, 3.05) is 0 Å². The summed E-state index contributed by atoms with van der Waals surface area (Å²) in [4.78, 5) is 4.70. The van der Waals surface area contributed by atoms with E-state index in [9.17, 15) is 0 Å². The van der Waals surface area contributed by atoms with Crippen LogP contribution >= 0.6 is 0 Å². The first kappa shape index (κ1) is 22.5. The van der Waals surface area contributed by atoms with Crippen molar-refractivity contribution in [2.24, 2.45) is 7.05 Å². The summed E-state index contributed by atoms with van der Waals surface area (Å²) in [6.07, 6.45) is 6.61. The van der Waals surface area contributed by atoms with Crippen LogP contribution in [0.25, 0.3) is 54.9 Å². The van der Waals surface area contributed by atoms with E-state index in [1.807, 2.05) is 6.20 Å². The number of nitrogens with zero attached hydrogens (tertiary/aromatic N) is 2. The van der Waals surface area contributed by atoms with Crippen LogP contribution in [0.1, 0.15) is 57.2 Å². The number of hydrogen-bond donors (Lipinski definition) is 0. The van der Waals surface area contributed by atoms with Crippen molar-refractivity contribution < 1.29 is 8.98 Å². The highest BCUT2D eigenvalue weighted by Gasteiger charge is 2.38. The molecule has 3 aromatic carbocycles. The molecule has 184 valence electrons. The highest BCUT2D eigenvalue weighted by Crippen LogP contribution is 2.49. The van der Waals surface area contributed by atoms with Crippen LogP contribution in [0.3, 0.4) is 0 Å². The summed E-state index contributed by atoms with van der Waals surface area (Å²) in [7, 11) is 2.15. The Morgan fingerprint density at radius 3 is 2.46 bits per heavy atom. The Balaban J connectivity index is 1.59. The molecule has 1 aliphatic carbocycles. The molecule has 0 aliphatic heterocycles. The van der Waals surface area contributed by atoms with Gasteiger partial charge in [0.15, 0.2) is 11.8 Å². The molecule has 3 nitrogen and oxygen atoms in total. The fourth-order valence-corrected chi connectivity index (χ4v) is 6.73. The van der Waals surface area contributed by atoms with Crippen molar-refractivity contribution in [1.29, 1.82) is 0 Å². The molecule has 0 saturated heterocycles. The second-order valence-corrected chi connectivity index (χ2v) is 12.3. The molecule has 37 heavy (non-hydrogen) atoms. The molecular weight excluding hydrogens is 452 g/mol. The molecule has 7 rings (SSSR count). The van der Waals surface area contributed by atoms with Gasteiger partial charge < -0.3 is 4.42 Å². The number of pyridine rings is 2. The lowest BCUT2D eigenvalue weighted by Crippen LogP contribution is -2.35. The summed E-state index contributed by atoms with van der Waals surface area (Å²) in [5.74, 6) is 0. The first-order valence-corrected chi connectivity index (χ1v) is 13.3. The Kier molecular flexibility index (Phi) is 4.50. The van der Waals surface area contributed by atoms with Gasteiger partial charge in [0, 0.05) is 28.4 Å². The lowest BCUT2D eigenvalue weighted by Gasteiger charge is -2.42. The number of fused-ring (bicyclic) bond motifs is 8. The minimum atomic E-state index is 0.130. The normalized spacial score (nSPS) is 16.6. The number of hydrogen-bond acceptors (Lipinski definition) is 2. The van der Waals surface area contributed by atoms with Crippen molar-refractivity contribution >= 4 is 43.6 Å². The average molecular weight is 486 g/mol. The molecular formula is C34H33N2O+. The number of benzene rings is 3. The predicted octanol–water partition coefficient (Wildman–Crippen LogP) is 8.44. The van der Waals surface area contributed by atoms with Gasteiger partial charge >= 0.3 is 0 Å². The first-order chi connectivity index (χ1) is 17.7. The first-order valence-electron chi connectivity index (χ1n) is 13.3. The summed E-state index contributed by atoms with van der Waals surface area (Å²) >= 11 is 0. The van der Waals surface area contributed by atoms with E-state index in [4.69, 9.17) is 9.40 Å². The standard InChI is InChI=1S/C34H33N2O/c1-20-11-13-24-29-23-10-8-7-9-21(23)18-35-32(29)37-31(24)28(20)27-17-25-22(19-36(27)6)12-14-26-30(25)34(4,5)16-15-33(26,2)3/h7-14,17-19H,15-16H2,1-6H3/q+1. The third-order valence-electron chi connectivity index (χ3n) is 8.91. The van der Waals surface area contributed by atoms with Crippen LogP contribution in [0.2, 0.25) is 0 Å². The van der Waals surface area contributed by atoms with E-state index in [-0.39, 0.29) is 10.8 Å². The number of rotatable bonds is 1. The van der Waals surface area contributed by atoms with Gasteiger partial charge in [0.25, 0.3) is 0 Å². The van der Waals surface area contributed by atoms with Gasteiger partial charge in [0.2, 0.25) is 11.4 Å². The third-order valence-corrected chi connectivity index (χ3v) is 8.91. The van der Waals surface area contributed by atoms with Crippen LogP contribution in [0.4, 0.5) is 0 Å². The van der Waals surface area contributed by atoms with E-state index < -0.39 is 0 Å². The van der Waals surface area contributed by atoms with Crippen LogP contribution < -0.4 is 4.57 Å². The molecule has 0 unspecified atom stereocenters. The molecule has 1 aliphatic rings. The van der Waals surface area contributed by atoms with E-state index in [2.05, 4.69) is 107 Å². The maximum Gasteiger partial charge on any atom is 0.227 e. The summed E-state index contributed by atoms with van der Waals surface area (Å²) in [5.41, 5.74) is 8.44. The second-order valence-electron chi connectivity index (χ2n) is 12.3. The summed E-state index contributed by atoms with van der Waals surface area (Å²) in [6.45, 7) is 11.8. The summed E-state index contributed by atoms with van der Waals surface area (Å²) in [5, 5.41) is 7.18. The zero-order valence-corrected chi connectivity index (χ0v) is 22.6. The van der Waals surface area contributed by atoms with Gasteiger partial charge in [-0.05, 0) is 64.1 Å². The van der Waals surface area contributed by atoms with E-state index in [0.29, 0.717) is 5.71 Å². The van der Waals surface area contributed by atoms with Crippen LogP contribution in [-0.2, 0) is 17.9 Å². The Hall–Kier alpha value is -3.72. The summed E-state index contributed by atoms with van der Waals surface area (Å²) in [6, 6.07) is 20.0. The van der Waals surface area contributed by atoms with Gasteiger partial charge in [-0.3, -0.25) is 0 Å². The Labute approximate surface area is 217 Å². The van der Waals surface area contributed by atoms with E-state index in [0.717, 1.165) is 27.3 Å².